The highest BCUT2D eigenvalue weighted by Gasteiger charge is 2.15. The molecule has 2 heterocycles. The van der Waals surface area contributed by atoms with Crippen molar-refractivity contribution in [3.8, 4) is 11.5 Å². The number of anilines is 1. The molecule has 0 spiro atoms. The summed E-state index contributed by atoms with van der Waals surface area (Å²) in [5, 5.41) is 0. The molecule has 0 unspecified atom stereocenters. The molecule has 0 aliphatic rings. The van der Waals surface area contributed by atoms with E-state index < -0.39 is 0 Å². The van der Waals surface area contributed by atoms with E-state index >= 15 is 0 Å². The lowest BCUT2D eigenvalue weighted by Crippen LogP contribution is -1.84. The van der Waals surface area contributed by atoms with Gasteiger partial charge < -0.3 is 14.6 Å². The zero-order chi connectivity index (χ0) is 12.0. The molecule has 86 valence electrons. The number of nitrogens with two attached hydrogens (primary N) is 1. The molecular formula is C11H6Br2N2O2. The van der Waals surface area contributed by atoms with E-state index in [1.165, 1.54) is 0 Å². The molecule has 0 bridgehead atoms. The van der Waals surface area contributed by atoms with Crippen molar-refractivity contribution in [2.45, 2.75) is 0 Å². The first kappa shape index (κ1) is 10.9. The summed E-state index contributed by atoms with van der Waals surface area (Å²) in [6.07, 6.45) is 1.56. The number of nitrogens with zero attached hydrogens (tertiary/aromatic N) is 1. The zero-order valence-electron chi connectivity index (χ0n) is 8.41. The third-order valence-corrected chi connectivity index (χ3v) is 3.40. The van der Waals surface area contributed by atoms with Gasteiger partial charge in [0.15, 0.2) is 10.3 Å². The van der Waals surface area contributed by atoms with Gasteiger partial charge in [-0.15, -0.1) is 0 Å². The number of aromatic nitrogens is 1. The maximum atomic E-state index is 5.86. The van der Waals surface area contributed by atoms with E-state index in [-0.39, 0.29) is 0 Å². The van der Waals surface area contributed by atoms with Crippen molar-refractivity contribution in [2.24, 2.45) is 0 Å². The van der Waals surface area contributed by atoms with Crippen molar-refractivity contribution in [3.05, 3.63) is 33.6 Å². The molecule has 0 saturated carbocycles. The average Bonchev–Trinajstić information content (AvgIpc) is 2.83. The van der Waals surface area contributed by atoms with Crippen molar-refractivity contribution in [2.75, 3.05) is 5.73 Å². The Labute approximate surface area is 113 Å². The minimum Gasteiger partial charge on any atom is -0.457 e. The van der Waals surface area contributed by atoms with Crippen LogP contribution in [0.1, 0.15) is 0 Å². The van der Waals surface area contributed by atoms with E-state index in [0.717, 1.165) is 10.0 Å². The lowest BCUT2D eigenvalue weighted by molar-refractivity contribution is 0.539. The van der Waals surface area contributed by atoms with Crippen LogP contribution in [0.15, 0.2) is 42.4 Å². The largest absolute Gasteiger partial charge is 0.457 e. The van der Waals surface area contributed by atoms with E-state index in [4.69, 9.17) is 14.6 Å². The van der Waals surface area contributed by atoms with Crippen LogP contribution in [0.25, 0.3) is 22.6 Å². The van der Waals surface area contributed by atoms with Gasteiger partial charge in [-0.1, -0.05) is 15.9 Å². The van der Waals surface area contributed by atoms with Crippen LogP contribution in [0.2, 0.25) is 0 Å². The lowest BCUT2D eigenvalue weighted by Gasteiger charge is -1.94. The number of oxazole rings is 1. The number of nitrogen functional groups attached to an aromatic ring is 1. The summed E-state index contributed by atoms with van der Waals surface area (Å²) >= 11 is 6.65. The quantitative estimate of drug-likeness (QED) is 0.663. The van der Waals surface area contributed by atoms with E-state index in [2.05, 4.69) is 36.8 Å². The van der Waals surface area contributed by atoms with Crippen LogP contribution >= 0.6 is 31.9 Å². The van der Waals surface area contributed by atoms with E-state index in [0.29, 0.717) is 27.3 Å². The maximum Gasteiger partial charge on any atom is 0.231 e. The second-order valence-corrected chi connectivity index (χ2v) is 5.11. The average molecular weight is 358 g/mol. The Morgan fingerprint density at radius 2 is 2.06 bits per heavy atom. The highest BCUT2D eigenvalue weighted by molar-refractivity contribution is 9.10. The van der Waals surface area contributed by atoms with Crippen LogP contribution in [-0.2, 0) is 0 Å². The molecule has 6 heteroatoms. The van der Waals surface area contributed by atoms with Gasteiger partial charge in [-0.3, -0.25) is 0 Å². The van der Waals surface area contributed by atoms with Crippen LogP contribution in [0.4, 0.5) is 5.69 Å². The Kier molecular flexibility index (Phi) is 2.48. The number of fused-ring (bicyclic) bond motifs is 1. The van der Waals surface area contributed by atoms with Crippen molar-refractivity contribution >= 4 is 48.6 Å². The fourth-order valence-corrected chi connectivity index (χ4v) is 2.46. The van der Waals surface area contributed by atoms with Gasteiger partial charge in [0.05, 0.1) is 17.5 Å². The van der Waals surface area contributed by atoms with Gasteiger partial charge in [0, 0.05) is 4.47 Å². The van der Waals surface area contributed by atoms with E-state index in [1.54, 1.807) is 18.4 Å². The molecule has 0 saturated heterocycles. The van der Waals surface area contributed by atoms with Crippen LogP contribution in [-0.4, -0.2) is 4.98 Å². The Balaban J connectivity index is 2.27. The summed E-state index contributed by atoms with van der Waals surface area (Å²) in [6.45, 7) is 0. The van der Waals surface area contributed by atoms with Crippen molar-refractivity contribution in [1.29, 1.82) is 0 Å². The fraction of sp³-hybridized carbons (Fsp3) is 0. The second-order valence-electron chi connectivity index (χ2n) is 3.47. The Bertz CT molecular complexity index is 703. The van der Waals surface area contributed by atoms with Gasteiger partial charge in [-0.25, -0.2) is 4.98 Å². The summed E-state index contributed by atoms with van der Waals surface area (Å²) in [5.41, 5.74) is 8.46. The van der Waals surface area contributed by atoms with Gasteiger partial charge in [0.25, 0.3) is 0 Å². The van der Waals surface area contributed by atoms with Gasteiger partial charge in [-0.2, -0.15) is 0 Å². The first-order valence-electron chi connectivity index (χ1n) is 4.74. The number of rotatable bonds is 1. The maximum absolute atomic E-state index is 5.86. The minimum absolute atomic E-state index is 0.477. The van der Waals surface area contributed by atoms with E-state index in [1.807, 2.05) is 6.07 Å². The Morgan fingerprint density at radius 3 is 2.76 bits per heavy atom. The third-order valence-electron chi connectivity index (χ3n) is 2.33. The molecule has 0 aliphatic heterocycles. The number of hydrogen-bond acceptors (Lipinski definition) is 4. The number of hydrogen-bond donors (Lipinski definition) is 1. The standard InChI is InChI=1S/C11H6Br2N2O2/c12-5-3-7(14)9-8(4-5)15-11(17-9)6-1-2-16-10(6)13/h1-4H,14H2. The highest BCUT2D eigenvalue weighted by Crippen LogP contribution is 2.34. The van der Waals surface area contributed by atoms with Gasteiger partial charge in [0.2, 0.25) is 5.89 Å². The predicted molar refractivity (Wildman–Crippen MR) is 71.5 cm³/mol. The first-order valence-corrected chi connectivity index (χ1v) is 6.32. The van der Waals surface area contributed by atoms with Crippen molar-refractivity contribution in [3.63, 3.8) is 0 Å². The van der Waals surface area contributed by atoms with E-state index in [9.17, 15) is 0 Å². The van der Waals surface area contributed by atoms with Crippen molar-refractivity contribution < 1.29 is 8.83 Å². The molecule has 2 N–H and O–H groups in total. The summed E-state index contributed by atoms with van der Waals surface area (Å²) < 4.78 is 12.2. The molecule has 0 fully saturated rings. The molecule has 2 aromatic heterocycles. The normalized spacial score (nSPS) is 11.2. The second kappa shape index (κ2) is 3.89. The molecule has 0 aliphatic carbocycles. The highest BCUT2D eigenvalue weighted by atomic mass is 79.9. The number of furan rings is 1. The smallest absolute Gasteiger partial charge is 0.231 e. The molecule has 17 heavy (non-hydrogen) atoms. The van der Waals surface area contributed by atoms with Gasteiger partial charge in [-0.05, 0) is 34.1 Å². The number of halogens is 2. The van der Waals surface area contributed by atoms with Crippen LogP contribution < -0.4 is 5.73 Å². The Hall–Kier alpha value is -1.27. The Morgan fingerprint density at radius 1 is 1.24 bits per heavy atom. The molecule has 1 aromatic carbocycles. The third kappa shape index (κ3) is 1.77. The molecule has 3 rings (SSSR count). The topological polar surface area (TPSA) is 65.2 Å². The molecule has 3 aromatic rings. The monoisotopic (exact) mass is 356 g/mol. The van der Waals surface area contributed by atoms with Gasteiger partial charge >= 0.3 is 0 Å². The SMILES string of the molecule is Nc1cc(Br)cc2nc(-c3ccoc3Br)oc12. The first-order chi connectivity index (χ1) is 8.15. The summed E-state index contributed by atoms with van der Waals surface area (Å²) in [4.78, 5) is 4.37. The molecule has 0 atom stereocenters. The molecule has 4 nitrogen and oxygen atoms in total. The van der Waals surface area contributed by atoms with Gasteiger partial charge in [0.1, 0.15) is 5.52 Å². The zero-order valence-corrected chi connectivity index (χ0v) is 11.6. The van der Waals surface area contributed by atoms with Crippen molar-refractivity contribution in [1.82, 2.24) is 4.98 Å². The molecule has 0 amide bonds. The summed E-state index contributed by atoms with van der Waals surface area (Å²) in [5.74, 6) is 0.477. The fourth-order valence-electron chi connectivity index (χ4n) is 1.58. The van der Waals surface area contributed by atoms with Crippen LogP contribution in [0, 0.1) is 0 Å². The van der Waals surface area contributed by atoms with Crippen LogP contribution in [0.5, 0.6) is 0 Å². The molecular weight excluding hydrogens is 352 g/mol. The minimum atomic E-state index is 0.477. The molecule has 0 radical (unpaired) electrons. The lowest BCUT2D eigenvalue weighted by atomic mass is 10.3. The predicted octanol–water partition coefficient (Wildman–Crippen LogP) is 4.20. The summed E-state index contributed by atoms with van der Waals surface area (Å²) in [6, 6.07) is 5.41. The number of benzene rings is 1. The van der Waals surface area contributed by atoms with Crippen LogP contribution in [0.3, 0.4) is 0 Å². The summed E-state index contributed by atoms with van der Waals surface area (Å²) in [7, 11) is 0.